The predicted octanol–water partition coefficient (Wildman–Crippen LogP) is 2.56. The highest BCUT2D eigenvalue weighted by Crippen LogP contribution is 2.12. The van der Waals surface area contributed by atoms with E-state index in [-0.39, 0.29) is 19.0 Å². The number of hydrogen-bond acceptors (Lipinski definition) is 4. The van der Waals surface area contributed by atoms with Crippen LogP contribution in [-0.2, 0) is 6.54 Å². The molecule has 1 aromatic rings. The van der Waals surface area contributed by atoms with Crippen molar-refractivity contribution in [2.24, 2.45) is 0 Å². The van der Waals surface area contributed by atoms with E-state index in [1.165, 1.54) is 0 Å². The predicted molar refractivity (Wildman–Crippen MR) is 71.7 cm³/mol. The standard InChI is InChI=1S/C10H16ClNO2S.ClH/c11-10-3-2-9(14-10)8-12-4-7-15-6-1-5-13;/h2-3,12-13H,1,4-8H2;1H. The molecule has 0 aromatic carbocycles. The number of thioether (sulfide) groups is 1. The lowest BCUT2D eigenvalue weighted by atomic mass is 10.4. The van der Waals surface area contributed by atoms with Gasteiger partial charge in [-0.15, -0.1) is 12.4 Å². The van der Waals surface area contributed by atoms with Crippen molar-refractivity contribution >= 4 is 35.8 Å². The molecular formula is C10H17Cl2NO2S. The molecule has 0 atom stereocenters. The Bertz CT molecular complexity index is 271. The smallest absolute Gasteiger partial charge is 0.193 e. The fraction of sp³-hybridized carbons (Fsp3) is 0.600. The third kappa shape index (κ3) is 7.41. The van der Waals surface area contributed by atoms with E-state index in [4.69, 9.17) is 21.1 Å². The van der Waals surface area contributed by atoms with Crippen LogP contribution in [0.5, 0.6) is 0 Å². The lowest BCUT2D eigenvalue weighted by molar-refractivity contribution is 0.296. The van der Waals surface area contributed by atoms with E-state index in [0.29, 0.717) is 11.8 Å². The molecule has 6 heteroatoms. The molecule has 94 valence electrons. The lowest BCUT2D eigenvalue weighted by Gasteiger charge is -2.02. The van der Waals surface area contributed by atoms with Crippen molar-refractivity contribution in [3.8, 4) is 0 Å². The maximum atomic E-state index is 8.57. The molecule has 0 aliphatic heterocycles. The van der Waals surface area contributed by atoms with Gasteiger partial charge < -0.3 is 14.8 Å². The van der Waals surface area contributed by atoms with Gasteiger partial charge in [0, 0.05) is 18.9 Å². The van der Waals surface area contributed by atoms with Gasteiger partial charge >= 0.3 is 0 Å². The molecule has 0 spiro atoms. The van der Waals surface area contributed by atoms with Crippen molar-refractivity contribution in [1.82, 2.24) is 5.32 Å². The molecule has 0 amide bonds. The van der Waals surface area contributed by atoms with Crippen molar-refractivity contribution in [2.45, 2.75) is 13.0 Å². The van der Waals surface area contributed by atoms with E-state index in [2.05, 4.69) is 5.32 Å². The van der Waals surface area contributed by atoms with Gasteiger partial charge in [0.1, 0.15) is 5.76 Å². The minimum atomic E-state index is 0. The molecule has 0 unspecified atom stereocenters. The van der Waals surface area contributed by atoms with Crippen LogP contribution < -0.4 is 5.32 Å². The van der Waals surface area contributed by atoms with Crippen LogP contribution in [0.1, 0.15) is 12.2 Å². The second-order valence-electron chi connectivity index (χ2n) is 3.07. The van der Waals surface area contributed by atoms with Crippen molar-refractivity contribution in [3.63, 3.8) is 0 Å². The molecular weight excluding hydrogens is 269 g/mol. The van der Waals surface area contributed by atoms with Gasteiger partial charge in [-0.2, -0.15) is 11.8 Å². The second kappa shape index (κ2) is 10.3. The Morgan fingerprint density at radius 3 is 2.81 bits per heavy atom. The Morgan fingerprint density at radius 2 is 2.19 bits per heavy atom. The van der Waals surface area contributed by atoms with E-state index < -0.39 is 0 Å². The summed E-state index contributed by atoms with van der Waals surface area (Å²) in [6.07, 6.45) is 0.873. The summed E-state index contributed by atoms with van der Waals surface area (Å²) in [6, 6.07) is 3.61. The summed E-state index contributed by atoms with van der Waals surface area (Å²) in [5.74, 6) is 2.93. The third-order valence-corrected chi connectivity index (χ3v) is 3.07. The number of aliphatic hydroxyl groups excluding tert-OH is 1. The molecule has 1 rings (SSSR count). The summed E-state index contributed by atoms with van der Waals surface area (Å²) >= 11 is 7.47. The van der Waals surface area contributed by atoms with Gasteiger partial charge in [0.2, 0.25) is 0 Å². The van der Waals surface area contributed by atoms with Crippen molar-refractivity contribution < 1.29 is 9.52 Å². The lowest BCUT2D eigenvalue weighted by Crippen LogP contribution is -2.16. The summed E-state index contributed by atoms with van der Waals surface area (Å²) in [4.78, 5) is 0. The van der Waals surface area contributed by atoms with E-state index in [1.54, 1.807) is 6.07 Å². The zero-order chi connectivity index (χ0) is 10.9. The summed E-state index contributed by atoms with van der Waals surface area (Å²) in [7, 11) is 0. The van der Waals surface area contributed by atoms with Gasteiger partial charge in [-0.3, -0.25) is 0 Å². The molecule has 16 heavy (non-hydrogen) atoms. The first kappa shape index (κ1) is 16.1. The van der Waals surface area contributed by atoms with E-state index >= 15 is 0 Å². The quantitative estimate of drug-likeness (QED) is 0.721. The maximum absolute atomic E-state index is 8.57. The number of furan rings is 1. The van der Waals surface area contributed by atoms with Crippen molar-refractivity contribution in [2.75, 3.05) is 24.7 Å². The molecule has 2 N–H and O–H groups in total. The second-order valence-corrected chi connectivity index (χ2v) is 4.67. The summed E-state index contributed by atoms with van der Waals surface area (Å²) in [6.45, 7) is 1.94. The van der Waals surface area contributed by atoms with Crippen LogP contribution in [0.2, 0.25) is 5.22 Å². The molecule has 0 aliphatic rings. The number of nitrogens with one attached hydrogen (secondary N) is 1. The number of aliphatic hydroxyl groups is 1. The fourth-order valence-corrected chi connectivity index (χ4v) is 2.06. The average Bonchev–Trinajstić information content (AvgIpc) is 2.63. The largest absolute Gasteiger partial charge is 0.448 e. The Balaban J connectivity index is 0.00000225. The summed E-state index contributed by atoms with van der Waals surface area (Å²) in [5.41, 5.74) is 0. The minimum absolute atomic E-state index is 0. The van der Waals surface area contributed by atoms with E-state index in [0.717, 1.165) is 30.2 Å². The molecule has 0 saturated heterocycles. The maximum Gasteiger partial charge on any atom is 0.193 e. The van der Waals surface area contributed by atoms with Crippen LogP contribution in [0.25, 0.3) is 0 Å². The molecule has 1 aromatic heterocycles. The number of hydrogen-bond donors (Lipinski definition) is 2. The van der Waals surface area contributed by atoms with Crippen molar-refractivity contribution in [1.29, 1.82) is 0 Å². The van der Waals surface area contributed by atoms with Crippen molar-refractivity contribution in [3.05, 3.63) is 23.1 Å². The molecule has 0 bridgehead atoms. The Hall–Kier alpha value is 0.130. The SMILES string of the molecule is Cl.OCCCSCCNCc1ccc(Cl)o1. The Kier molecular flexibility index (Phi) is 10.4. The molecule has 0 radical (unpaired) electrons. The topological polar surface area (TPSA) is 45.4 Å². The zero-order valence-corrected chi connectivity index (χ0v) is 11.3. The van der Waals surface area contributed by atoms with Gasteiger partial charge in [0.25, 0.3) is 0 Å². The van der Waals surface area contributed by atoms with Crippen LogP contribution in [0.4, 0.5) is 0 Å². The summed E-state index contributed by atoms with van der Waals surface area (Å²) < 4.78 is 5.19. The highest BCUT2D eigenvalue weighted by atomic mass is 35.5. The normalized spacial score (nSPS) is 10.1. The first-order chi connectivity index (χ1) is 7.33. The molecule has 0 saturated carbocycles. The summed E-state index contributed by atoms with van der Waals surface area (Å²) in [5, 5.41) is 12.3. The van der Waals surface area contributed by atoms with Crippen LogP contribution in [0.3, 0.4) is 0 Å². The Labute approximate surface area is 111 Å². The highest BCUT2D eigenvalue weighted by Gasteiger charge is 1.98. The van der Waals surface area contributed by atoms with Crippen LogP contribution >= 0.6 is 35.8 Å². The van der Waals surface area contributed by atoms with Crippen LogP contribution in [0.15, 0.2) is 16.5 Å². The van der Waals surface area contributed by atoms with Gasteiger partial charge in [-0.1, -0.05) is 0 Å². The number of rotatable bonds is 8. The van der Waals surface area contributed by atoms with Gasteiger partial charge in [-0.05, 0) is 35.9 Å². The van der Waals surface area contributed by atoms with Gasteiger partial charge in [-0.25, -0.2) is 0 Å². The molecule has 1 heterocycles. The van der Waals surface area contributed by atoms with Crippen LogP contribution in [0, 0.1) is 0 Å². The first-order valence-electron chi connectivity index (χ1n) is 4.96. The molecule has 3 nitrogen and oxygen atoms in total. The molecule has 0 fully saturated rings. The minimum Gasteiger partial charge on any atom is -0.448 e. The number of halogens is 2. The fourth-order valence-electron chi connectivity index (χ4n) is 1.07. The first-order valence-corrected chi connectivity index (χ1v) is 6.49. The zero-order valence-electron chi connectivity index (χ0n) is 8.95. The van der Waals surface area contributed by atoms with Gasteiger partial charge in [0.05, 0.1) is 6.54 Å². The average molecular weight is 286 g/mol. The highest BCUT2D eigenvalue weighted by molar-refractivity contribution is 7.99. The third-order valence-electron chi connectivity index (χ3n) is 1.80. The Morgan fingerprint density at radius 1 is 1.38 bits per heavy atom. The van der Waals surface area contributed by atoms with E-state index in [9.17, 15) is 0 Å². The molecule has 0 aliphatic carbocycles. The monoisotopic (exact) mass is 285 g/mol. The van der Waals surface area contributed by atoms with Crippen LogP contribution in [-0.4, -0.2) is 29.8 Å². The van der Waals surface area contributed by atoms with E-state index in [1.807, 2.05) is 17.8 Å². The van der Waals surface area contributed by atoms with Gasteiger partial charge in [0.15, 0.2) is 5.22 Å².